The monoisotopic (exact) mass is 388 g/mol. The van der Waals surface area contributed by atoms with Crippen LogP contribution in [0.3, 0.4) is 0 Å². The molecule has 1 aliphatic rings. The first kappa shape index (κ1) is 16.7. The molecule has 4 heterocycles. The van der Waals surface area contributed by atoms with Gasteiger partial charge in [0.1, 0.15) is 6.33 Å². The molecule has 0 radical (unpaired) electrons. The van der Waals surface area contributed by atoms with Gasteiger partial charge in [0, 0.05) is 37.3 Å². The number of hydrogen-bond acceptors (Lipinski definition) is 6. The van der Waals surface area contributed by atoms with Crippen LogP contribution in [0.2, 0.25) is 0 Å². The Morgan fingerprint density at radius 1 is 1.14 bits per heavy atom. The number of ether oxygens (including phenoxy) is 1. The highest BCUT2D eigenvalue weighted by atomic mass is 16.5. The molecule has 0 spiro atoms. The van der Waals surface area contributed by atoms with E-state index >= 15 is 0 Å². The van der Waals surface area contributed by atoms with Crippen molar-refractivity contribution >= 4 is 43.9 Å². The van der Waals surface area contributed by atoms with Crippen molar-refractivity contribution in [1.29, 1.82) is 0 Å². The Balaban J connectivity index is 1.51. The molecular weight excluding hydrogens is 368 g/mol. The number of morpholine rings is 1. The first-order valence-electron chi connectivity index (χ1n) is 9.86. The molecule has 2 aromatic carbocycles. The second-order valence-electron chi connectivity index (χ2n) is 7.47. The third kappa shape index (κ3) is 2.49. The van der Waals surface area contributed by atoms with E-state index in [1.807, 2.05) is 28.7 Å². The SMILES string of the molecule is O=c1c2c(NCCN3CCOCC3)ccc3ncn(c4ccc5[nH]ncc5c14)c32. The minimum atomic E-state index is 0.0134. The zero-order valence-electron chi connectivity index (χ0n) is 15.8. The maximum Gasteiger partial charge on any atom is 0.200 e. The number of H-pyrrole nitrogens is 1. The minimum absolute atomic E-state index is 0.0134. The molecule has 0 aliphatic carbocycles. The van der Waals surface area contributed by atoms with Crippen LogP contribution < -0.4 is 10.7 Å². The Hall–Kier alpha value is -3.23. The molecule has 0 bridgehead atoms. The van der Waals surface area contributed by atoms with E-state index < -0.39 is 0 Å². The number of fused-ring (bicyclic) bond motifs is 4. The predicted molar refractivity (Wildman–Crippen MR) is 113 cm³/mol. The molecule has 1 fully saturated rings. The van der Waals surface area contributed by atoms with Gasteiger partial charge in [0.2, 0.25) is 0 Å². The number of aromatic nitrogens is 4. The van der Waals surface area contributed by atoms with Crippen molar-refractivity contribution in [2.75, 3.05) is 44.7 Å². The molecule has 1 saturated heterocycles. The molecule has 146 valence electrons. The summed E-state index contributed by atoms with van der Waals surface area (Å²) in [7, 11) is 0. The largest absolute Gasteiger partial charge is 0.383 e. The van der Waals surface area contributed by atoms with Gasteiger partial charge in [0.15, 0.2) is 5.43 Å². The summed E-state index contributed by atoms with van der Waals surface area (Å²) in [6.07, 6.45) is 3.52. The molecular formula is C21H20N6O2. The van der Waals surface area contributed by atoms with Crippen LogP contribution in [0.5, 0.6) is 0 Å². The highest BCUT2D eigenvalue weighted by Gasteiger charge is 2.18. The van der Waals surface area contributed by atoms with Gasteiger partial charge in [0.05, 0.1) is 52.2 Å². The van der Waals surface area contributed by atoms with Crippen molar-refractivity contribution in [3.05, 3.63) is 47.0 Å². The quantitative estimate of drug-likeness (QED) is 0.458. The number of rotatable bonds is 4. The van der Waals surface area contributed by atoms with Gasteiger partial charge >= 0.3 is 0 Å². The molecule has 3 aromatic heterocycles. The maximum atomic E-state index is 13.6. The van der Waals surface area contributed by atoms with E-state index in [4.69, 9.17) is 4.74 Å². The first-order valence-corrected chi connectivity index (χ1v) is 9.86. The Labute approximate surface area is 165 Å². The van der Waals surface area contributed by atoms with Crippen molar-refractivity contribution in [2.45, 2.75) is 0 Å². The van der Waals surface area contributed by atoms with E-state index in [-0.39, 0.29) is 5.43 Å². The fourth-order valence-corrected chi connectivity index (χ4v) is 4.41. The van der Waals surface area contributed by atoms with E-state index in [1.54, 1.807) is 12.5 Å². The van der Waals surface area contributed by atoms with Gasteiger partial charge in [-0.05, 0) is 24.3 Å². The highest BCUT2D eigenvalue weighted by Crippen LogP contribution is 2.30. The minimum Gasteiger partial charge on any atom is -0.383 e. The first-order chi connectivity index (χ1) is 14.3. The second kappa shape index (κ2) is 6.40. The highest BCUT2D eigenvalue weighted by molar-refractivity contribution is 6.13. The lowest BCUT2D eigenvalue weighted by Crippen LogP contribution is -2.39. The zero-order chi connectivity index (χ0) is 19.4. The smallest absolute Gasteiger partial charge is 0.200 e. The summed E-state index contributed by atoms with van der Waals surface area (Å²) in [5, 5.41) is 12.8. The van der Waals surface area contributed by atoms with Gasteiger partial charge in [-0.15, -0.1) is 0 Å². The maximum absolute atomic E-state index is 13.6. The van der Waals surface area contributed by atoms with E-state index in [9.17, 15) is 4.79 Å². The van der Waals surface area contributed by atoms with Gasteiger partial charge in [-0.25, -0.2) is 4.98 Å². The van der Waals surface area contributed by atoms with Crippen LogP contribution in [0.25, 0.3) is 38.2 Å². The molecule has 29 heavy (non-hydrogen) atoms. The standard InChI is InChI=1S/C21H20N6O2/c28-21-18-13-11-24-25-14(13)3-4-17(18)27-12-23-16-2-1-15(19(21)20(16)27)22-5-6-26-7-9-29-10-8-26/h1-4,11-12,22H,5-10H2,(H,24,25). The topological polar surface area (TPSA) is 87.5 Å². The molecule has 8 heteroatoms. The average molecular weight is 388 g/mol. The fourth-order valence-electron chi connectivity index (χ4n) is 4.41. The normalized spacial score (nSPS) is 15.9. The number of imidazole rings is 1. The van der Waals surface area contributed by atoms with Crippen LogP contribution in [-0.2, 0) is 4.74 Å². The van der Waals surface area contributed by atoms with Gasteiger partial charge in [-0.2, -0.15) is 5.10 Å². The molecule has 0 amide bonds. The molecule has 0 unspecified atom stereocenters. The number of aromatic amines is 1. The van der Waals surface area contributed by atoms with Crippen molar-refractivity contribution in [2.24, 2.45) is 0 Å². The number of anilines is 1. The van der Waals surface area contributed by atoms with Crippen LogP contribution in [-0.4, -0.2) is 63.9 Å². The van der Waals surface area contributed by atoms with Crippen LogP contribution in [0.4, 0.5) is 5.69 Å². The van der Waals surface area contributed by atoms with E-state index in [1.165, 1.54) is 0 Å². The van der Waals surface area contributed by atoms with Gasteiger partial charge in [-0.1, -0.05) is 0 Å². The number of pyridine rings is 1. The summed E-state index contributed by atoms with van der Waals surface area (Å²) in [4.78, 5) is 20.5. The number of hydrogen-bond donors (Lipinski definition) is 2. The molecule has 2 N–H and O–H groups in total. The Kier molecular flexibility index (Phi) is 3.68. The average Bonchev–Trinajstić information content (AvgIpc) is 3.40. The summed E-state index contributed by atoms with van der Waals surface area (Å²) in [5.41, 5.74) is 4.26. The van der Waals surface area contributed by atoms with Crippen molar-refractivity contribution < 1.29 is 4.74 Å². The summed E-state index contributed by atoms with van der Waals surface area (Å²) >= 11 is 0. The lowest BCUT2D eigenvalue weighted by atomic mass is 10.0. The van der Waals surface area contributed by atoms with Crippen molar-refractivity contribution in [3.8, 4) is 0 Å². The zero-order valence-corrected chi connectivity index (χ0v) is 15.8. The third-order valence-corrected chi connectivity index (χ3v) is 5.87. The summed E-state index contributed by atoms with van der Waals surface area (Å²) in [5.74, 6) is 0. The molecule has 8 nitrogen and oxygen atoms in total. The van der Waals surface area contributed by atoms with Crippen LogP contribution in [0, 0.1) is 0 Å². The number of nitrogens with one attached hydrogen (secondary N) is 2. The van der Waals surface area contributed by atoms with Crippen molar-refractivity contribution in [1.82, 2.24) is 24.5 Å². The predicted octanol–water partition coefficient (Wildman–Crippen LogP) is 2.06. The molecule has 6 rings (SSSR count). The lowest BCUT2D eigenvalue weighted by molar-refractivity contribution is 0.0398. The number of benzene rings is 2. The van der Waals surface area contributed by atoms with Crippen LogP contribution in [0.1, 0.15) is 0 Å². The summed E-state index contributed by atoms with van der Waals surface area (Å²) in [6.45, 7) is 5.15. The molecule has 0 atom stereocenters. The van der Waals surface area contributed by atoms with Gasteiger partial charge in [0.25, 0.3) is 0 Å². The number of nitrogens with zero attached hydrogens (tertiary/aromatic N) is 4. The Bertz CT molecular complexity index is 1400. The molecule has 0 saturated carbocycles. The summed E-state index contributed by atoms with van der Waals surface area (Å²) in [6, 6.07) is 7.85. The van der Waals surface area contributed by atoms with Crippen LogP contribution in [0.15, 0.2) is 41.6 Å². The second-order valence-corrected chi connectivity index (χ2v) is 7.47. The Morgan fingerprint density at radius 3 is 2.93 bits per heavy atom. The van der Waals surface area contributed by atoms with E-state index in [0.29, 0.717) is 10.8 Å². The van der Waals surface area contributed by atoms with E-state index in [2.05, 4.69) is 25.4 Å². The van der Waals surface area contributed by atoms with E-state index in [0.717, 1.165) is 72.5 Å². The molecule has 5 aromatic rings. The summed E-state index contributed by atoms with van der Waals surface area (Å²) < 4.78 is 7.43. The molecule has 1 aliphatic heterocycles. The Morgan fingerprint density at radius 2 is 2.03 bits per heavy atom. The lowest BCUT2D eigenvalue weighted by Gasteiger charge is -2.26. The fraction of sp³-hybridized carbons (Fsp3) is 0.286. The van der Waals surface area contributed by atoms with Crippen molar-refractivity contribution in [3.63, 3.8) is 0 Å². The third-order valence-electron chi connectivity index (χ3n) is 5.87. The van der Waals surface area contributed by atoms with Gasteiger partial charge < -0.3 is 10.1 Å². The van der Waals surface area contributed by atoms with Crippen LogP contribution >= 0.6 is 0 Å². The van der Waals surface area contributed by atoms with Gasteiger partial charge in [-0.3, -0.25) is 19.2 Å².